The van der Waals surface area contributed by atoms with Crippen LogP contribution in [0.3, 0.4) is 0 Å². The Labute approximate surface area is 306 Å². The molecule has 0 fully saturated rings. The number of rotatable bonds is 6. The number of nitrogens with zero attached hydrogens (tertiary/aromatic N) is 6. The van der Waals surface area contributed by atoms with Crippen LogP contribution in [0.5, 0.6) is 0 Å². The van der Waals surface area contributed by atoms with E-state index in [0.29, 0.717) is 28.6 Å². The number of fused-ring (bicyclic) bond motifs is 3. The Balaban J connectivity index is 1.41. The topological polar surface area (TPSA) is 91.2 Å². The van der Waals surface area contributed by atoms with Gasteiger partial charge in [0.25, 0.3) is 0 Å². The third-order valence-corrected chi connectivity index (χ3v) is 9.48. The molecule has 0 saturated heterocycles. The highest BCUT2D eigenvalue weighted by atomic mass is 15.0. The van der Waals surface area contributed by atoms with Gasteiger partial charge in [-0.3, -0.25) is 0 Å². The Morgan fingerprint density at radius 1 is 0.377 bits per heavy atom. The van der Waals surface area contributed by atoms with Gasteiger partial charge in [0.1, 0.15) is 0 Å². The van der Waals surface area contributed by atoms with Crippen molar-refractivity contribution < 1.29 is 0 Å². The molecule has 246 valence electrons. The SMILES string of the molecule is N#Cc1ccc2c(c1)c1cc(C#N)ccc1n2-c1c(-c2ccccc2)cc(-c2nc(-c3ccccc3)nc(-c3ccccc3)n2)cc1-c1ccccc1. The van der Waals surface area contributed by atoms with E-state index in [4.69, 9.17) is 15.0 Å². The summed E-state index contributed by atoms with van der Waals surface area (Å²) < 4.78 is 2.26. The zero-order valence-electron chi connectivity index (χ0n) is 28.3. The van der Waals surface area contributed by atoms with E-state index in [-0.39, 0.29) is 0 Å². The average molecular weight is 677 g/mol. The van der Waals surface area contributed by atoms with E-state index in [9.17, 15) is 10.5 Å². The molecule has 0 aliphatic heterocycles. The standard InChI is InChI=1S/C47H28N6/c48-29-31-21-23-42-40(25-31)41-26-32(30-49)22-24-43(41)53(42)44-38(33-13-5-1-6-14-33)27-37(28-39(44)34-15-7-2-8-16-34)47-51-45(35-17-9-3-10-18-35)50-46(52-47)36-19-11-4-12-20-36/h1-28H. The van der Waals surface area contributed by atoms with E-state index in [1.165, 1.54) is 0 Å². The Morgan fingerprint density at radius 3 is 1.11 bits per heavy atom. The van der Waals surface area contributed by atoms with Crippen LogP contribution in [0.1, 0.15) is 11.1 Å². The smallest absolute Gasteiger partial charge is 0.164 e. The average Bonchev–Trinajstić information content (AvgIpc) is 3.56. The quantitative estimate of drug-likeness (QED) is 0.175. The Kier molecular flexibility index (Phi) is 7.82. The fraction of sp³-hybridized carbons (Fsp3) is 0. The van der Waals surface area contributed by atoms with Crippen molar-refractivity contribution in [2.24, 2.45) is 0 Å². The molecule has 0 radical (unpaired) electrons. The highest BCUT2D eigenvalue weighted by Crippen LogP contribution is 2.44. The predicted octanol–water partition coefficient (Wildman–Crippen LogP) is 11.0. The van der Waals surface area contributed by atoms with Crippen molar-refractivity contribution in [2.45, 2.75) is 0 Å². The maximum Gasteiger partial charge on any atom is 0.164 e. The maximum absolute atomic E-state index is 9.88. The van der Waals surface area contributed by atoms with Crippen LogP contribution in [0.2, 0.25) is 0 Å². The summed E-state index contributed by atoms with van der Waals surface area (Å²) in [7, 11) is 0. The Hall–Kier alpha value is -7.67. The lowest BCUT2D eigenvalue weighted by molar-refractivity contribution is 1.07. The minimum atomic E-state index is 0.554. The molecular weight excluding hydrogens is 649 g/mol. The monoisotopic (exact) mass is 676 g/mol. The van der Waals surface area contributed by atoms with Gasteiger partial charge in [0.2, 0.25) is 0 Å². The predicted molar refractivity (Wildman–Crippen MR) is 211 cm³/mol. The van der Waals surface area contributed by atoms with Crippen LogP contribution in [0.15, 0.2) is 170 Å². The molecule has 0 saturated carbocycles. The summed E-state index contributed by atoms with van der Waals surface area (Å²) in [5.74, 6) is 1.73. The van der Waals surface area contributed by atoms with Gasteiger partial charge in [-0.25, -0.2) is 15.0 Å². The van der Waals surface area contributed by atoms with Gasteiger partial charge in [-0.1, -0.05) is 121 Å². The molecule has 0 bridgehead atoms. The zero-order valence-corrected chi connectivity index (χ0v) is 28.3. The van der Waals surface area contributed by atoms with Crippen molar-refractivity contribution in [1.29, 1.82) is 10.5 Å². The van der Waals surface area contributed by atoms with E-state index in [1.807, 2.05) is 133 Å². The summed E-state index contributed by atoms with van der Waals surface area (Å²) in [5, 5.41) is 21.6. The molecule has 0 atom stereocenters. The van der Waals surface area contributed by atoms with E-state index >= 15 is 0 Å². The van der Waals surface area contributed by atoms with E-state index in [2.05, 4.69) is 53.1 Å². The first-order chi connectivity index (χ1) is 26.2. The summed E-state index contributed by atoms with van der Waals surface area (Å²) in [6, 6.07) is 61.1. The van der Waals surface area contributed by atoms with Gasteiger partial charge in [-0.15, -0.1) is 0 Å². The van der Waals surface area contributed by atoms with Crippen molar-refractivity contribution in [1.82, 2.24) is 19.5 Å². The van der Waals surface area contributed by atoms with E-state index in [0.717, 1.165) is 66.4 Å². The molecule has 0 aliphatic rings. The van der Waals surface area contributed by atoms with Crippen LogP contribution in [0, 0.1) is 22.7 Å². The van der Waals surface area contributed by atoms with Gasteiger partial charge >= 0.3 is 0 Å². The number of aromatic nitrogens is 4. The molecule has 6 nitrogen and oxygen atoms in total. The van der Waals surface area contributed by atoms with Gasteiger partial charge in [0, 0.05) is 38.6 Å². The van der Waals surface area contributed by atoms with Gasteiger partial charge < -0.3 is 4.57 Å². The van der Waals surface area contributed by atoms with Gasteiger partial charge in [-0.2, -0.15) is 10.5 Å². The number of benzene rings is 7. The van der Waals surface area contributed by atoms with E-state index in [1.54, 1.807) is 0 Å². The Bertz CT molecular complexity index is 2700. The zero-order chi connectivity index (χ0) is 35.7. The second-order valence-corrected chi connectivity index (χ2v) is 12.7. The molecule has 53 heavy (non-hydrogen) atoms. The highest BCUT2D eigenvalue weighted by molar-refractivity contribution is 6.11. The van der Waals surface area contributed by atoms with Gasteiger partial charge in [-0.05, 0) is 59.7 Å². The summed E-state index contributed by atoms with van der Waals surface area (Å²) in [4.78, 5) is 15.2. The number of nitriles is 2. The van der Waals surface area contributed by atoms with Gasteiger partial charge in [0.15, 0.2) is 17.5 Å². The van der Waals surface area contributed by atoms with Crippen molar-refractivity contribution >= 4 is 21.8 Å². The third-order valence-electron chi connectivity index (χ3n) is 9.48. The van der Waals surface area contributed by atoms with Crippen LogP contribution in [0.25, 0.3) is 83.9 Å². The molecule has 0 amide bonds. The van der Waals surface area contributed by atoms with Crippen molar-refractivity contribution in [3.8, 4) is 74.2 Å². The molecule has 0 aliphatic carbocycles. The first-order valence-corrected chi connectivity index (χ1v) is 17.2. The van der Waals surface area contributed by atoms with Crippen LogP contribution in [0.4, 0.5) is 0 Å². The minimum absolute atomic E-state index is 0.554. The van der Waals surface area contributed by atoms with Gasteiger partial charge in [0.05, 0.1) is 40.0 Å². The lowest BCUT2D eigenvalue weighted by atomic mass is 9.92. The lowest BCUT2D eigenvalue weighted by Gasteiger charge is -2.21. The summed E-state index contributed by atoms with van der Waals surface area (Å²) in [5.41, 5.74) is 10.5. The molecule has 0 unspecified atom stereocenters. The minimum Gasteiger partial charge on any atom is -0.308 e. The highest BCUT2D eigenvalue weighted by Gasteiger charge is 2.23. The summed E-state index contributed by atoms with van der Waals surface area (Å²) in [6.07, 6.45) is 0. The molecule has 2 heterocycles. The van der Waals surface area contributed by atoms with Crippen molar-refractivity contribution in [2.75, 3.05) is 0 Å². The first kappa shape index (κ1) is 31.3. The van der Waals surface area contributed by atoms with Crippen LogP contribution >= 0.6 is 0 Å². The summed E-state index contributed by atoms with van der Waals surface area (Å²) in [6.45, 7) is 0. The fourth-order valence-electron chi connectivity index (χ4n) is 7.02. The van der Waals surface area contributed by atoms with Crippen molar-refractivity contribution in [3.05, 3.63) is 181 Å². The van der Waals surface area contributed by atoms with Crippen LogP contribution < -0.4 is 0 Å². The molecule has 9 aromatic rings. The number of hydrogen-bond donors (Lipinski definition) is 0. The van der Waals surface area contributed by atoms with Crippen LogP contribution in [-0.2, 0) is 0 Å². The molecule has 0 N–H and O–H groups in total. The lowest BCUT2D eigenvalue weighted by Crippen LogP contribution is -2.04. The third kappa shape index (κ3) is 5.67. The van der Waals surface area contributed by atoms with Crippen molar-refractivity contribution in [3.63, 3.8) is 0 Å². The van der Waals surface area contributed by atoms with E-state index < -0.39 is 0 Å². The molecule has 9 rings (SSSR count). The summed E-state index contributed by atoms with van der Waals surface area (Å²) >= 11 is 0. The Morgan fingerprint density at radius 2 is 0.736 bits per heavy atom. The maximum atomic E-state index is 9.88. The first-order valence-electron chi connectivity index (χ1n) is 17.2. The molecule has 7 aromatic carbocycles. The molecular formula is C47H28N6. The second-order valence-electron chi connectivity index (χ2n) is 12.7. The molecule has 6 heteroatoms. The number of hydrogen-bond acceptors (Lipinski definition) is 5. The second kappa shape index (κ2) is 13.2. The largest absolute Gasteiger partial charge is 0.308 e. The van der Waals surface area contributed by atoms with Crippen LogP contribution in [-0.4, -0.2) is 19.5 Å². The normalized spacial score (nSPS) is 11.0. The molecule has 2 aromatic heterocycles. The molecule has 0 spiro atoms. The fourth-order valence-corrected chi connectivity index (χ4v) is 7.02.